The summed E-state index contributed by atoms with van der Waals surface area (Å²) in [5.74, 6) is -2.46. The summed E-state index contributed by atoms with van der Waals surface area (Å²) in [7, 11) is 0. The normalized spacial score (nSPS) is 27.3. The first-order valence-corrected chi connectivity index (χ1v) is 12.7. The first-order valence-electron chi connectivity index (χ1n) is 12.7. The molecule has 3 aliphatic heterocycles. The van der Waals surface area contributed by atoms with Gasteiger partial charge in [-0.1, -0.05) is 72.8 Å². The quantitative estimate of drug-likeness (QED) is 0.544. The maximum absolute atomic E-state index is 14.2. The van der Waals surface area contributed by atoms with Gasteiger partial charge >= 0.3 is 0 Å². The van der Waals surface area contributed by atoms with Crippen molar-refractivity contribution in [2.75, 3.05) is 6.54 Å². The van der Waals surface area contributed by atoms with E-state index in [4.69, 9.17) is 0 Å². The van der Waals surface area contributed by atoms with Crippen LogP contribution in [0.5, 0.6) is 0 Å². The number of likely N-dealkylation sites (tertiary alicyclic amines) is 2. The van der Waals surface area contributed by atoms with E-state index in [0.29, 0.717) is 25.9 Å². The number of nitrogens with zero attached hydrogens (tertiary/aromatic N) is 2. The highest BCUT2D eigenvalue weighted by atomic mass is 19.1. The Labute approximate surface area is 215 Å². The lowest BCUT2D eigenvalue weighted by atomic mass is 9.74. The van der Waals surface area contributed by atoms with Gasteiger partial charge in [-0.3, -0.25) is 24.6 Å². The maximum Gasteiger partial charge on any atom is 0.244 e. The fourth-order valence-corrected chi connectivity index (χ4v) is 6.36. The molecule has 4 atom stereocenters. The van der Waals surface area contributed by atoms with Crippen molar-refractivity contribution in [3.63, 3.8) is 0 Å². The van der Waals surface area contributed by atoms with Gasteiger partial charge < -0.3 is 4.90 Å². The van der Waals surface area contributed by atoms with E-state index in [1.165, 1.54) is 17.0 Å². The number of hydrogen-bond donors (Lipinski definition) is 1. The van der Waals surface area contributed by atoms with Crippen LogP contribution in [0.3, 0.4) is 0 Å². The molecule has 3 aromatic rings. The molecule has 0 radical (unpaired) electrons. The minimum atomic E-state index is -1.17. The van der Waals surface area contributed by atoms with Crippen molar-refractivity contribution in [3.05, 3.63) is 107 Å². The van der Waals surface area contributed by atoms with Crippen molar-refractivity contribution in [2.45, 2.75) is 37.5 Å². The van der Waals surface area contributed by atoms with Crippen LogP contribution in [0.2, 0.25) is 0 Å². The zero-order valence-electron chi connectivity index (χ0n) is 20.3. The molecule has 1 N–H and O–H groups in total. The minimum Gasteiger partial charge on any atom is -0.337 e. The van der Waals surface area contributed by atoms with Crippen LogP contribution in [0.1, 0.15) is 35.6 Å². The van der Waals surface area contributed by atoms with Crippen LogP contribution >= 0.6 is 0 Å². The molecule has 0 unspecified atom stereocenters. The molecular weight excluding hydrogens is 469 g/mol. The van der Waals surface area contributed by atoms with Crippen molar-refractivity contribution >= 4 is 17.7 Å². The molecule has 37 heavy (non-hydrogen) atoms. The van der Waals surface area contributed by atoms with Crippen molar-refractivity contribution in [1.29, 1.82) is 0 Å². The van der Waals surface area contributed by atoms with E-state index in [0.717, 1.165) is 16.7 Å². The SMILES string of the molecule is O=C1[C@H]2[C@@H](c3ccccc3)N[C@]3(CCCN(Cc4ccc(F)cc4)C3=O)[C@H]2C(=O)N1Cc1ccccc1. The summed E-state index contributed by atoms with van der Waals surface area (Å²) in [5, 5.41) is 3.53. The molecule has 3 saturated heterocycles. The highest BCUT2D eigenvalue weighted by Gasteiger charge is 2.68. The van der Waals surface area contributed by atoms with Crippen LogP contribution in [0.15, 0.2) is 84.9 Å². The van der Waals surface area contributed by atoms with Gasteiger partial charge in [-0.15, -0.1) is 0 Å². The zero-order valence-corrected chi connectivity index (χ0v) is 20.3. The third-order valence-corrected chi connectivity index (χ3v) is 8.04. The van der Waals surface area contributed by atoms with Gasteiger partial charge in [0.2, 0.25) is 17.7 Å². The molecule has 3 aromatic carbocycles. The lowest BCUT2D eigenvalue weighted by molar-refractivity contribution is -0.150. The number of nitrogens with one attached hydrogen (secondary N) is 1. The second-order valence-corrected chi connectivity index (χ2v) is 10.2. The topological polar surface area (TPSA) is 69.7 Å². The predicted molar refractivity (Wildman–Crippen MR) is 135 cm³/mol. The third-order valence-electron chi connectivity index (χ3n) is 8.04. The number of carbonyl (C=O) groups is 3. The summed E-state index contributed by atoms with van der Waals surface area (Å²) in [6.45, 7) is 1.06. The van der Waals surface area contributed by atoms with Gasteiger partial charge in [0.25, 0.3) is 0 Å². The van der Waals surface area contributed by atoms with E-state index < -0.39 is 23.4 Å². The molecule has 1 spiro atoms. The fraction of sp³-hybridized carbons (Fsp3) is 0.300. The van der Waals surface area contributed by atoms with E-state index in [2.05, 4.69) is 5.32 Å². The van der Waals surface area contributed by atoms with Crippen molar-refractivity contribution in [1.82, 2.24) is 15.1 Å². The minimum absolute atomic E-state index is 0.167. The molecule has 0 saturated carbocycles. The molecular formula is C30H28FN3O3. The molecule has 3 aliphatic rings. The molecule has 0 aliphatic carbocycles. The zero-order chi connectivity index (χ0) is 25.6. The molecule has 3 fully saturated rings. The van der Waals surface area contributed by atoms with Crippen LogP contribution < -0.4 is 5.32 Å². The number of fused-ring (bicyclic) bond motifs is 2. The van der Waals surface area contributed by atoms with Gasteiger partial charge in [-0.2, -0.15) is 0 Å². The van der Waals surface area contributed by atoms with Crippen LogP contribution in [0.4, 0.5) is 4.39 Å². The number of benzene rings is 3. The summed E-state index contributed by atoms with van der Waals surface area (Å²) in [4.78, 5) is 45.0. The van der Waals surface area contributed by atoms with E-state index in [1.807, 2.05) is 60.7 Å². The number of halogens is 1. The number of amides is 3. The lowest BCUT2D eigenvalue weighted by Gasteiger charge is -2.42. The average molecular weight is 498 g/mol. The summed E-state index contributed by atoms with van der Waals surface area (Å²) in [5.41, 5.74) is 1.41. The number of carbonyl (C=O) groups excluding carboxylic acids is 3. The maximum atomic E-state index is 14.2. The highest BCUT2D eigenvalue weighted by Crippen LogP contribution is 2.52. The highest BCUT2D eigenvalue weighted by molar-refractivity contribution is 6.10. The van der Waals surface area contributed by atoms with Crippen LogP contribution in [0, 0.1) is 17.7 Å². The van der Waals surface area contributed by atoms with Gasteiger partial charge in [0.05, 0.1) is 18.4 Å². The molecule has 3 amide bonds. The Morgan fingerprint density at radius 3 is 2.16 bits per heavy atom. The first kappa shape index (κ1) is 23.6. The second kappa shape index (κ2) is 9.23. The fourth-order valence-electron chi connectivity index (χ4n) is 6.36. The molecule has 188 valence electrons. The Morgan fingerprint density at radius 1 is 0.811 bits per heavy atom. The Hall–Kier alpha value is -3.84. The van der Waals surface area contributed by atoms with Gasteiger partial charge in [0.1, 0.15) is 11.4 Å². The number of hydrogen-bond acceptors (Lipinski definition) is 4. The number of rotatable bonds is 5. The van der Waals surface area contributed by atoms with E-state index >= 15 is 0 Å². The van der Waals surface area contributed by atoms with Crippen LogP contribution in [0.25, 0.3) is 0 Å². The van der Waals surface area contributed by atoms with Crippen LogP contribution in [-0.2, 0) is 27.5 Å². The lowest BCUT2D eigenvalue weighted by Crippen LogP contribution is -2.63. The van der Waals surface area contributed by atoms with Crippen molar-refractivity contribution in [3.8, 4) is 0 Å². The van der Waals surface area contributed by atoms with Crippen molar-refractivity contribution < 1.29 is 18.8 Å². The number of piperidine rings is 1. The van der Waals surface area contributed by atoms with Gasteiger partial charge in [-0.25, -0.2) is 4.39 Å². The van der Waals surface area contributed by atoms with Gasteiger partial charge in [0, 0.05) is 19.1 Å². The largest absolute Gasteiger partial charge is 0.337 e. The average Bonchev–Trinajstić information content (AvgIpc) is 3.39. The Bertz CT molecular complexity index is 1330. The summed E-state index contributed by atoms with van der Waals surface area (Å²) in [6.07, 6.45) is 1.18. The molecule has 6 rings (SSSR count). The van der Waals surface area contributed by atoms with E-state index in [1.54, 1.807) is 17.0 Å². The van der Waals surface area contributed by atoms with Gasteiger partial charge in [0.15, 0.2) is 0 Å². The van der Waals surface area contributed by atoms with Crippen molar-refractivity contribution in [2.24, 2.45) is 11.8 Å². The number of imide groups is 1. The smallest absolute Gasteiger partial charge is 0.244 e. The monoisotopic (exact) mass is 497 g/mol. The first-order chi connectivity index (χ1) is 18.0. The van der Waals surface area contributed by atoms with E-state index in [9.17, 15) is 18.8 Å². The van der Waals surface area contributed by atoms with E-state index in [-0.39, 0.29) is 30.1 Å². The molecule has 3 heterocycles. The summed E-state index contributed by atoms with van der Waals surface area (Å²) >= 11 is 0. The molecule has 0 bridgehead atoms. The van der Waals surface area contributed by atoms with Crippen LogP contribution in [-0.4, -0.2) is 39.6 Å². The Kier molecular flexibility index (Phi) is 5.88. The molecule has 0 aromatic heterocycles. The Balaban J connectivity index is 1.37. The molecule has 6 nitrogen and oxygen atoms in total. The molecule has 7 heteroatoms. The predicted octanol–water partition coefficient (Wildman–Crippen LogP) is 3.83. The van der Waals surface area contributed by atoms with Gasteiger partial charge in [-0.05, 0) is 41.7 Å². The standard InChI is InChI=1S/C30H28FN3O3/c31-23-14-12-21(13-15-23)18-33-17-7-16-30(29(33)37)25-24(26(32-30)22-10-5-2-6-11-22)27(35)34(28(25)36)19-20-8-3-1-4-9-20/h1-6,8-15,24-26,32H,7,16-19H2/t24-,25-,26-,30-/m1/s1. The summed E-state index contributed by atoms with van der Waals surface area (Å²) < 4.78 is 13.4. The third kappa shape index (κ3) is 3.94. The summed E-state index contributed by atoms with van der Waals surface area (Å²) in [6, 6.07) is 24.7. The second-order valence-electron chi connectivity index (χ2n) is 10.2. The Morgan fingerprint density at radius 2 is 1.46 bits per heavy atom.